The van der Waals surface area contributed by atoms with E-state index in [4.69, 9.17) is 4.74 Å². The molecule has 1 saturated carbocycles. The second kappa shape index (κ2) is 10.8. The number of hydrogen-bond acceptors (Lipinski definition) is 3. The lowest BCUT2D eigenvalue weighted by molar-refractivity contribution is -0.123. The maximum absolute atomic E-state index is 11.7. The summed E-state index contributed by atoms with van der Waals surface area (Å²) in [5, 5.41) is 9.72. The smallest absolute Gasteiger partial charge is 0.258 e. The number of amides is 1. The molecule has 0 radical (unpaired) electrons. The van der Waals surface area contributed by atoms with Crippen molar-refractivity contribution < 1.29 is 9.53 Å². The van der Waals surface area contributed by atoms with Crippen LogP contribution in [0, 0.1) is 0 Å². The third-order valence-electron chi connectivity index (χ3n) is 5.42. The fraction of sp³-hybridized carbons (Fsp3) is 0.440. The monoisotopic (exact) mass is 422 g/mol. The molecule has 166 valence electrons. The Kier molecular flexibility index (Phi) is 7.93. The highest BCUT2D eigenvalue weighted by molar-refractivity contribution is 5.79. The lowest BCUT2D eigenvalue weighted by atomic mass is 9.85. The van der Waals surface area contributed by atoms with Crippen LogP contribution in [0.5, 0.6) is 5.75 Å². The highest BCUT2D eigenvalue weighted by atomic mass is 16.5. The average Bonchev–Trinajstić information content (AvgIpc) is 3.60. The standard InChI is InChI=1S/C25H34N4O2/c1-25(2,20-7-5-4-6-8-20)18-28-24(26-3)27-16-15-19-9-13-22(14-10-19)31-17-23(30)29-21-11-12-21/h4-10,13-14,21H,11-12,15-18H2,1-3H3,(H,29,30)(H2,26,27,28). The van der Waals surface area contributed by atoms with E-state index in [1.54, 1.807) is 7.05 Å². The maximum Gasteiger partial charge on any atom is 0.258 e. The Bertz CT molecular complexity index is 859. The van der Waals surface area contributed by atoms with Crippen molar-refractivity contribution in [3.8, 4) is 5.75 Å². The zero-order valence-electron chi connectivity index (χ0n) is 18.8. The van der Waals surface area contributed by atoms with E-state index < -0.39 is 0 Å². The van der Waals surface area contributed by atoms with Crippen LogP contribution in [-0.4, -0.2) is 44.7 Å². The number of guanidine groups is 1. The van der Waals surface area contributed by atoms with Gasteiger partial charge in [0.05, 0.1) is 0 Å². The molecule has 2 aromatic carbocycles. The van der Waals surface area contributed by atoms with Gasteiger partial charge in [0.2, 0.25) is 0 Å². The summed E-state index contributed by atoms with van der Waals surface area (Å²) in [6, 6.07) is 18.8. The number of ether oxygens (including phenoxy) is 1. The van der Waals surface area contributed by atoms with Crippen LogP contribution in [0.15, 0.2) is 59.6 Å². The van der Waals surface area contributed by atoms with Gasteiger partial charge in [-0.25, -0.2) is 0 Å². The van der Waals surface area contributed by atoms with Gasteiger partial charge in [-0.1, -0.05) is 56.3 Å². The van der Waals surface area contributed by atoms with E-state index in [0.717, 1.165) is 38.3 Å². The Hall–Kier alpha value is -3.02. The van der Waals surface area contributed by atoms with Crippen LogP contribution in [0.1, 0.15) is 37.8 Å². The molecule has 1 aliphatic carbocycles. The average molecular weight is 423 g/mol. The first-order valence-corrected chi connectivity index (χ1v) is 11.0. The molecule has 6 nitrogen and oxygen atoms in total. The molecule has 6 heteroatoms. The van der Waals surface area contributed by atoms with Crippen molar-refractivity contribution in [2.24, 2.45) is 4.99 Å². The third kappa shape index (κ3) is 7.63. The summed E-state index contributed by atoms with van der Waals surface area (Å²) in [7, 11) is 1.79. The van der Waals surface area contributed by atoms with Crippen molar-refractivity contribution >= 4 is 11.9 Å². The van der Waals surface area contributed by atoms with Gasteiger partial charge in [-0.3, -0.25) is 9.79 Å². The molecule has 3 rings (SSSR count). The summed E-state index contributed by atoms with van der Waals surface area (Å²) in [4.78, 5) is 16.0. The Balaban J connectivity index is 1.37. The van der Waals surface area contributed by atoms with Crippen LogP contribution in [0.3, 0.4) is 0 Å². The number of benzene rings is 2. The summed E-state index contributed by atoms with van der Waals surface area (Å²) in [6.07, 6.45) is 3.03. The van der Waals surface area contributed by atoms with Gasteiger partial charge in [-0.15, -0.1) is 0 Å². The number of aliphatic imine (C=N–C) groups is 1. The van der Waals surface area contributed by atoms with Crippen LogP contribution in [0.4, 0.5) is 0 Å². The van der Waals surface area contributed by atoms with Gasteiger partial charge >= 0.3 is 0 Å². The number of carbonyl (C=O) groups excluding carboxylic acids is 1. The topological polar surface area (TPSA) is 74.8 Å². The summed E-state index contributed by atoms with van der Waals surface area (Å²) < 4.78 is 5.56. The number of nitrogens with one attached hydrogen (secondary N) is 3. The van der Waals surface area contributed by atoms with Gasteiger partial charge in [0.1, 0.15) is 5.75 Å². The van der Waals surface area contributed by atoms with Crippen LogP contribution >= 0.6 is 0 Å². The molecule has 0 spiro atoms. The third-order valence-corrected chi connectivity index (χ3v) is 5.42. The molecule has 3 N–H and O–H groups in total. The summed E-state index contributed by atoms with van der Waals surface area (Å²) >= 11 is 0. The minimum absolute atomic E-state index is 0.00424. The molecule has 0 atom stereocenters. The van der Waals surface area contributed by atoms with E-state index in [1.807, 2.05) is 30.3 Å². The lowest BCUT2D eigenvalue weighted by Gasteiger charge is -2.26. The van der Waals surface area contributed by atoms with E-state index >= 15 is 0 Å². The molecule has 0 saturated heterocycles. The number of hydrogen-bond donors (Lipinski definition) is 3. The first-order chi connectivity index (χ1) is 15.0. The Labute approximate surface area is 185 Å². The molecule has 0 bridgehead atoms. The molecule has 1 amide bonds. The Morgan fingerprint density at radius 2 is 1.77 bits per heavy atom. The maximum atomic E-state index is 11.7. The van der Waals surface area contributed by atoms with Crippen molar-refractivity contribution in [1.29, 1.82) is 0 Å². The summed E-state index contributed by atoms with van der Waals surface area (Å²) in [6.45, 7) is 6.08. The van der Waals surface area contributed by atoms with Crippen molar-refractivity contribution in [3.63, 3.8) is 0 Å². The fourth-order valence-electron chi connectivity index (χ4n) is 3.24. The van der Waals surface area contributed by atoms with Crippen molar-refractivity contribution in [2.45, 2.75) is 44.6 Å². The zero-order chi connectivity index (χ0) is 22.1. The van der Waals surface area contributed by atoms with E-state index in [-0.39, 0.29) is 17.9 Å². The predicted octanol–water partition coefficient (Wildman–Crippen LogP) is 3.03. The van der Waals surface area contributed by atoms with Crippen LogP contribution in [-0.2, 0) is 16.6 Å². The van der Waals surface area contributed by atoms with E-state index in [9.17, 15) is 4.79 Å². The van der Waals surface area contributed by atoms with Crippen molar-refractivity contribution in [1.82, 2.24) is 16.0 Å². The molecule has 0 aliphatic heterocycles. The summed E-state index contributed by atoms with van der Waals surface area (Å²) in [5.74, 6) is 1.46. The zero-order valence-corrected chi connectivity index (χ0v) is 18.8. The highest BCUT2D eigenvalue weighted by Gasteiger charge is 2.23. The van der Waals surface area contributed by atoms with Crippen LogP contribution < -0.4 is 20.7 Å². The first kappa shape index (κ1) is 22.7. The lowest BCUT2D eigenvalue weighted by Crippen LogP contribution is -2.44. The van der Waals surface area contributed by atoms with Gasteiger partial charge < -0.3 is 20.7 Å². The van der Waals surface area contributed by atoms with Crippen molar-refractivity contribution in [3.05, 3.63) is 65.7 Å². The molecule has 2 aromatic rings. The molecule has 0 unspecified atom stereocenters. The fourth-order valence-corrected chi connectivity index (χ4v) is 3.24. The second-order valence-corrected chi connectivity index (χ2v) is 8.63. The normalized spacial score (nSPS) is 14.1. The van der Waals surface area contributed by atoms with E-state index in [1.165, 1.54) is 11.1 Å². The summed E-state index contributed by atoms with van der Waals surface area (Å²) in [5.41, 5.74) is 2.50. The quantitative estimate of drug-likeness (QED) is 0.406. The number of carbonyl (C=O) groups is 1. The molecular formula is C25H34N4O2. The van der Waals surface area contributed by atoms with Crippen molar-refractivity contribution in [2.75, 3.05) is 26.7 Å². The molecule has 1 aliphatic rings. The highest BCUT2D eigenvalue weighted by Crippen LogP contribution is 2.21. The van der Waals surface area contributed by atoms with Gasteiger partial charge in [-0.05, 0) is 42.5 Å². The minimum Gasteiger partial charge on any atom is -0.484 e. The second-order valence-electron chi connectivity index (χ2n) is 8.63. The molecule has 0 heterocycles. The van der Waals surface area contributed by atoms with Gasteiger partial charge in [0.25, 0.3) is 5.91 Å². The van der Waals surface area contributed by atoms with Crippen LogP contribution in [0.25, 0.3) is 0 Å². The predicted molar refractivity (Wildman–Crippen MR) is 126 cm³/mol. The molecular weight excluding hydrogens is 388 g/mol. The van der Waals surface area contributed by atoms with Gasteiger partial charge in [0, 0.05) is 31.6 Å². The minimum atomic E-state index is -0.0508. The molecule has 1 fully saturated rings. The van der Waals surface area contributed by atoms with Gasteiger partial charge in [-0.2, -0.15) is 0 Å². The first-order valence-electron chi connectivity index (χ1n) is 11.0. The molecule has 0 aromatic heterocycles. The largest absolute Gasteiger partial charge is 0.484 e. The van der Waals surface area contributed by atoms with E-state index in [2.05, 4.69) is 59.1 Å². The number of nitrogens with zero attached hydrogens (tertiary/aromatic N) is 1. The molecule has 31 heavy (non-hydrogen) atoms. The van der Waals surface area contributed by atoms with Crippen LogP contribution in [0.2, 0.25) is 0 Å². The van der Waals surface area contributed by atoms with E-state index in [0.29, 0.717) is 11.8 Å². The Morgan fingerprint density at radius 1 is 1.06 bits per heavy atom. The number of rotatable bonds is 10. The SMILES string of the molecule is CN=C(NCCc1ccc(OCC(=O)NC2CC2)cc1)NCC(C)(C)c1ccccc1. The Morgan fingerprint density at radius 3 is 2.42 bits per heavy atom. The van der Waals surface area contributed by atoms with Gasteiger partial charge in [0.15, 0.2) is 12.6 Å².